The van der Waals surface area contributed by atoms with Crippen molar-refractivity contribution in [3.8, 4) is 0 Å². The highest BCUT2D eigenvalue weighted by molar-refractivity contribution is 7.90. The normalized spacial score (nSPS) is 19.5. The summed E-state index contributed by atoms with van der Waals surface area (Å²) in [7, 11) is 0.440. The summed E-state index contributed by atoms with van der Waals surface area (Å²) in [5.74, 6) is -5.53. The molecule has 11 nitrogen and oxygen atoms in total. The van der Waals surface area contributed by atoms with E-state index in [2.05, 4.69) is 15.1 Å². The van der Waals surface area contributed by atoms with Crippen LogP contribution in [-0.4, -0.2) is 117 Å². The summed E-state index contributed by atoms with van der Waals surface area (Å²) in [5, 5.41) is 16.9. The summed E-state index contributed by atoms with van der Waals surface area (Å²) in [6.07, 6.45) is -8.95. The van der Waals surface area contributed by atoms with Gasteiger partial charge in [-0.05, 0) is 24.7 Å². The number of carbonyl (C=O) groups is 3. The zero-order valence-corrected chi connectivity index (χ0v) is 21.7. The number of benzene rings is 1. The van der Waals surface area contributed by atoms with Crippen LogP contribution in [0.2, 0.25) is 0 Å². The number of hydrogen-bond acceptors (Lipinski definition) is 8. The van der Waals surface area contributed by atoms with Crippen molar-refractivity contribution in [3.05, 3.63) is 29.8 Å². The molecule has 2 aliphatic heterocycles. The SMILES string of the molecule is CNC(=O)C1COC2(CN(Cc3ccc(S(C)(=O)=O)cc3)C2)CN1C.O=C(O)C(F)(F)F.O=C(O)C(F)(F)F. The maximum Gasteiger partial charge on any atom is 0.490 e. The molecule has 18 heteroatoms. The van der Waals surface area contributed by atoms with Gasteiger partial charge in [-0.25, -0.2) is 18.0 Å². The van der Waals surface area contributed by atoms with Gasteiger partial charge in [-0.3, -0.25) is 14.6 Å². The van der Waals surface area contributed by atoms with Gasteiger partial charge < -0.3 is 20.3 Å². The number of nitrogens with zero attached hydrogens (tertiary/aromatic N) is 2. The molecule has 0 saturated carbocycles. The molecule has 2 fully saturated rings. The molecule has 1 amide bonds. The van der Waals surface area contributed by atoms with Gasteiger partial charge in [-0.1, -0.05) is 12.1 Å². The van der Waals surface area contributed by atoms with E-state index in [1.54, 1.807) is 19.2 Å². The molecule has 0 aliphatic carbocycles. The van der Waals surface area contributed by atoms with E-state index in [0.29, 0.717) is 11.5 Å². The van der Waals surface area contributed by atoms with Gasteiger partial charge in [0.1, 0.15) is 11.6 Å². The van der Waals surface area contributed by atoms with E-state index in [9.17, 15) is 39.6 Å². The maximum absolute atomic E-state index is 11.8. The van der Waals surface area contributed by atoms with Crippen molar-refractivity contribution in [2.75, 3.05) is 46.6 Å². The minimum atomic E-state index is -5.08. The highest BCUT2D eigenvalue weighted by Crippen LogP contribution is 2.31. The largest absolute Gasteiger partial charge is 0.490 e. The lowest BCUT2D eigenvalue weighted by atomic mass is 9.90. The Morgan fingerprint density at radius 3 is 1.77 bits per heavy atom. The Morgan fingerprint density at radius 1 is 1.00 bits per heavy atom. The molecule has 1 atom stereocenters. The number of likely N-dealkylation sites (N-methyl/N-ethyl adjacent to an activating group) is 2. The lowest BCUT2D eigenvalue weighted by Crippen LogP contribution is -2.71. The van der Waals surface area contributed by atoms with E-state index in [1.807, 2.05) is 19.2 Å². The Balaban J connectivity index is 0.000000449. The first-order valence-corrected chi connectivity index (χ1v) is 12.7. The summed E-state index contributed by atoms with van der Waals surface area (Å²) in [6.45, 7) is 3.52. The van der Waals surface area contributed by atoms with Crippen molar-refractivity contribution in [2.24, 2.45) is 0 Å². The van der Waals surface area contributed by atoms with Gasteiger partial charge in [0.25, 0.3) is 0 Å². The van der Waals surface area contributed by atoms with Crippen LogP contribution in [-0.2, 0) is 35.5 Å². The summed E-state index contributed by atoms with van der Waals surface area (Å²) in [5.41, 5.74) is 0.876. The average Bonchev–Trinajstić information content (AvgIpc) is 2.77. The summed E-state index contributed by atoms with van der Waals surface area (Å²) in [6, 6.07) is 6.79. The van der Waals surface area contributed by atoms with Gasteiger partial charge in [0.2, 0.25) is 5.91 Å². The fourth-order valence-electron chi connectivity index (χ4n) is 3.61. The smallest absolute Gasteiger partial charge is 0.475 e. The van der Waals surface area contributed by atoms with Gasteiger partial charge in [0.15, 0.2) is 9.84 Å². The van der Waals surface area contributed by atoms with E-state index in [0.717, 1.165) is 31.7 Å². The Morgan fingerprint density at radius 2 is 1.44 bits per heavy atom. The molecular formula is C21H27F6N3O8S. The van der Waals surface area contributed by atoms with Crippen LogP contribution in [0.1, 0.15) is 5.56 Å². The monoisotopic (exact) mass is 595 g/mol. The molecule has 222 valence electrons. The van der Waals surface area contributed by atoms with Gasteiger partial charge in [-0.2, -0.15) is 26.3 Å². The molecule has 1 unspecified atom stereocenters. The fourth-order valence-corrected chi connectivity index (χ4v) is 4.24. The lowest BCUT2D eigenvalue weighted by molar-refractivity contribution is -0.198. The number of morpholine rings is 1. The fraction of sp³-hybridized carbons (Fsp3) is 0.571. The molecule has 1 aromatic rings. The summed E-state index contributed by atoms with van der Waals surface area (Å²) in [4.78, 5) is 34.3. The van der Waals surface area contributed by atoms with Gasteiger partial charge >= 0.3 is 24.3 Å². The van der Waals surface area contributed by atoms with Crippen molar-refractivity contribution < 1.29 is 64.1 Å². The van der Waals surface area contributed by atoms with Crippen LogP contribution in [0.3, 0.4) is 0 Å². The van der Waals surface area contributed by atoms with Crippen LogP contribution in [0, 0.1) is 0 Å². The van der Waals surface area contributed by atoms with E-state index < -0.39 is 34.1 Å². The number of halogens is 6. The molecular weight excluding hydrogens is 568 g/mol. The van der Waals surface area contributed by atoms with Crippen LogP contribution in [0.4, 0.5) is 26.3 Å². The van der Waals surface area contributed by atoms with Crippen LogP contribution >= 0.6 is 0 Å². The molecule has 2 saturated heterocycles. The number of sulfone groups is 1. The number of amides is 1. The minimum absolute atomic E-state index is 0.0144. The predicted molar refractivity (Wildman–Crippen MR) is 121 cm³/mol. The third-order valence-corrected chi connectivity index (χ3v) is 6.56. The van der Waals surface area contributed by atoms with Crippen molar-refractivity contribution >= 4 is 27.7 Å². The van der Waals surface area contributed by atoms with Gasteiger partial charge in [-0.15, -0.1) is 0 Å². The number of aliphatic carboxylic acids is 2. The first-order chi connectivity index (χ1) is 17.6. The van der Waals surface area contributed by atoms with Gasteiger partial charge in [0, 0.05) is 39.5 Å². The molecule has 0 radical (unpaired) electrons. The van der Waals surface area contributed by atoms with Crippen LogP contribution in [0.25, 0.3) is 0 Å². The Hall–Kier alpha value is -2.96. The third kappa shape index (κ3) is 10.6. The lowest BCUT2D eigenvalue weighted by Gasteiger charge is -2.55. The number of nitrogens with one attached hydrogen (secondary N) is 1. The average molecular weight is 596 g/mol. The van der Waals surface area contributed by atoms with Crippen molar-refractivity contribution in [1.29, 1.82) is 0 Å². The van der Waals surface area contributed by atoms with Crippen molar-refractivity contribution in [3.63, 3.8) is 0 Å². The third-order valence-electron chi connectivity index (χ3n) is 5.43. The zero-order valence-electron chi connectivity index (χ0n) is 20.8. The van der Waals surface area contributed by atoms with Crippen molar-refractivity contribution in [2.45, 2.75) is 35.4 Å². The molecule has 2 heterocycles. The highest BCUT2D eigenvalue weighted by Gasteiger charge is 2.49. The number of carboxylic acid groups (broad SMARTS) is 2. The molecule has 3 N–H and O–H groups in total. The van der Waals surface area contributed by atoms with E-state index in [-0.39, 0.29) is 17.6 Å². The summed E-state index contributed by atoms with van der Waals surface area (Å²) >= 11 is 0. The van der Waals surface area contributed by atoms with E-state index in [1.165, 1.54) is 6.26 Å². The number of carbonyl (C=O) groups excluding carboxylic acids is 1. The standard InChI is InChI=1S/C17H25N3O4S.2C2HF3O2/c1-18-16(21)15-9-24-17(10-19(15)2)11-20(12-17)8-13-4-6-14(7-5-13)25(3,22)23;2*3-2(4,5)1(6)7/h4-7,15H,8-12H2,1-3H3,(H,18,21);2*(H,6,7). The Labute approximate surface area is 219 Å². The first-order valence-electron chi connectivity index (χ1n) is 10.8. The Bertz CT molecular complexity index is 1100. The quantitative estimate of drug-likeness (QED) is 0.430. The number of rotatable bonds is 4. The molecule has 1 spiro atoms. The number of likely N-dealkylation sites (tertiary alicyclic amines) is 1. The maximum atomic E-state index is 11.8. The minimum Gasteiger partial charge on any atom is -0.475 e. The van der Waals surface area contributed by atoms with Crippen LogP contribution in [0.5, 0.6) is 0 Å². The number of carboxylic acids is 2. The number of hydrogen-bond donors (Lipinski definition) is 3. The number of alkyl halides is 6. The predicted octanol–water partition coefficient (Wildman–Crippen LogP) is 0.988. The highest BCUT2D eigenvalue weighted by atomic mass is 32.2. The molecule has 2 aliphatic rings. The second-order valence-corrected chi connectivity index (χ2v) is 10.7. The molecule has 0 aromatic heterocycles. The second-order valence-electron chi connectivity index (χ2n) is 8.71. The van der Waals surface area contributed by atoms with Crippen LogP contribution in [0.15, 0.2) is 29.2 Å². The number of ether oxygens (including phenoxy) is 1. The molecule has 1 aromatic carbocycles. The zero-order chi connectivity index (χ0) is 30.4. The van der Waals surface area contributed by atoms with Gasteiger partial charge in [0.05, 0.1) is 11.5 Å². The second kappa shape index (κ2) is 12.9. The molecule has 39 heavy (non-hydrogen) atoms. The van der Waals surface area contributed by atoms with E-state index in [4.69, 9.17) is 24.5 Å². The first kappa shape index (κ1) is 34.1. The Kier molecular flexibility index (Phi) is 11.3. The molecule has 0 bridgehead atoms. The molecule has 3 rings (SSSR count). The topological polar surface area (TPSA) is 154 Å². The van der Waals surface area contributed by atoms with Crippen LogP contribution < -0.4 is 5.32 Å². The van der Waals surface area contributed by atoms with Crippen molar-refractivity contribution in [1.82, 2.24) is 15.1 Å². The van der Waals surface area contributed by atoms with E-state index >= 15 is 0 Å². The summed E-state index contributed by atoms with van der Waals surface area (Å²) < 4.78 is 92.5.